The summed E-state index contributed by atoms with van der Waals surface area (Å²) in [4.78, 5) is 0. The largest absolute Gasteiger partial charge is 0.324 e. The van der Waals surface area contributed by atoms with Gasteiger partial charge in [0.15, 0.2) is 0 Å². The van der Waals surface area contributed by atoms with Crippen LogP contribution in [0.4, 0.5) is 0 Å². The molecule has 1 nitrogen and oxygen atoms in total. The fourth-order valence-corrected chi connectivity index (χ4v) is 5.02. The van der Waals surface area contributed by atoms with Gasteiger partial charge in [-0.2, -0.15) is 0 Å². The molecule has 0 bridgehead atoms. The molecular formula is C12H27LiOP. The Kier molecular flexibility index (Phi) is 13.7. The first-order valence-electron chi connectivity index (χ1n) is 6.25. The van der Waals surface area contributed by atoms with E-state index in [0.717, 1.165) is 37.7 Å². The normalized spacial score (nSPS) is 11.1. The van der Waals surface area contributed by atoms with E-state index in [1.54, 1.807) is 0 Å². The van der Waals surface area contributed by atoms with Crippen LogP contribution in [-0.4, -0.2) is 37.3 Å². The first-order chi connectivity index (χ1) is 6.68. The van der Waals surface area contributed by atoms with E-state index in [-0.39, 0.29) is 18.9 Å². The minimum absolute atomic E-state index is 0. The summed E-state index contributed by atoms with van der Waals surface area (Å²) in [5, 5.41) is 0. The standard InChI is InChI=1S/C12H27OP.Li/c1-4-7-10-14(13,11-8-5-2)12-9-6-3;/h4-12H2,1-3H3;. The molecule has 3 heteroatoms. The summed E-state index contributed by atoms with van der Waals surface area (Å²) in [6.45, 7) is 6.55. The molecule has 0 spiro atoms. The SMILES string of the molecule is CCCCP(=O)(CCCC)CCCC.[Li]. The van der Waals surface area contributed by atoms with E-state index in [1.807, 2.05) is 0 Å². The van der Waals surface area contributed by atoms with Gasteiger partial charge >= 0.3 is 0 Å². The second-order valence-corrected chi connectivity index (χ2v) is 7.75. The molecule has 0 heterocycles. The van der Waals surface area contributed by atoms with Crippen molar-refractivity contribution in [3.8, 4) is 0 Å². The molecule has 15 heavy (non-hydrogen) atoms. The van der Waals surface area contributed by atoms with Gasteiger partial charge in [0.2, 0.25) is 0 Å². The van der Waals surface area contributed by atoms with E-state index in [4.69, 9.17) is 0 Å². The molecule has 0 aliphatic carbocycles. The molecule has 0 rings (SSSR count). The third-order valence-electron chi connectivity index (χ3n) is 2.76. The average molecular weight is 225 g/mol. The van der Waals surface area contributed by atoms with Crippen molar-refractivity contribution in [2.45, 2.75) is 59.3 Å². The maximum absolute atomic E-state index is 12.5. The molecule has 0 amide bonds. The monoisotopic (exact) mass is 225 g/mol. The Morgan fingerprint density at radius 1 is 0.733 bits per heavy atom. The fourth-order valence-electron chi connectivity index (χ4n) is 1.67. The van der Waals surface area contributed by atoms with Crippen molar-refractivity contribution in [3.05, 3.63) is 0 Å². The minimum atomic E-state index is -1.77. The molecule has 0 aromatic carbocycles. The first-order valence-corrected chi connectivity index (χ1v) is 8.52. The molecule has 0 N–H and O–H groups in total. The van der Waals surface area contributed by atoms with Crippen molar-refractivity contribution in [3.63, 3.8) is 0 Å². The van der Waals surface area contributed by atoms with E-state index in [1.165, 1.54) is 19.3 Å². The fraction of sp³-hybridized carbons (Fsp3) is 1.00. The number of rotatable bonds is 9. The summed E-state index contributed by atoms with van der Waals surface area (Å²) in [5.41, 5.74) is 0. The summed E-state index contributed by atoms with van der Waals surface area (Å²) in [6.07, 6.45) is 10.0. The third-order valence-corrected chi connectivity index (χ3v) is 6.15. The van der Waals surface area contributed by atoms with Gasteiger partial charge < -0.3 is 4.57 Å². The van der Waals surface area contributed by atoms with E-state index < -0.39 is 7.14 Å². The Balaban J connectivity index is 0. The van der Waals surface area contributed by atoms with Crippen LogP contribution in [0.25, 0.3) is 0 Å². The van der Waals surface area contributed by atoms with E-state index in [0.29, 0.717) is 0 Å². The van der Waals surface area contributed by atoms with Crippen LogP contribution < -0.4 is 0 Å². The van der Waals surface area contributed by atoms with Gasteiger partial charge in [0.1, 0.15) is 0 Å². The second kappa shape index (κ2) is 11.3. The zero-order valence-electron chi connectivity index (χ0n) is 11.2. The van der Waals surface area contributed by atoms with Gasteiger partial charge in [-0.1, -0.05) is 40.0 Å². The predicted molar refractivity (Wildman–Crippen MR) is 72.7 cm³/mol. The molecule has 0 atom stereocenters. The average Bonchev–Trinajstić information content (AvgIpc) is 2.21. The Bertz CT molecular complexity index is 142. The number of hydrogen-bond acceptors (Lipinski definition) is 1. The molecular weight excluding hydrogens is 198 g/mol. The Labute approximate surface area is 108 Å². The Morgan fingerprint density at radius 2 is 1.00 bits per heavy atom. The van der Waals surface area contributed by atoms with Crippen LogP contribution in [0.15, 0.2) is 0 Å². The zero-order chi connectivity index (χ0) is 10.9. The Morgan fingerprint density at radius 3 is 1.20 bits per heavy atom. The molecule has 1 radical (unpaired) electrons. The topological polar surface area (TPSA) is 17.1 Å². The van der Waals surface area contributed by atoms with E-state index >= 15 is 0 Å². The van der Waals surface area contributed by atoms with Crippen molar-refractivity contribution in [1.29, 1.82) is 0 Å². The van der Waals surface area contributed by atoms with Gasteiger partial charge in [0.25, 0.3) is 0 Å². The van der Waals surface area contributed by atoms with Gasteiger partial charge in [-0.3, -0.25) is 0 Å². The van der Waals surface area contributed by atoms with Crippen molar-refractivity contribution >= 4 is 26.0 Å². The summed E-state index contributed by atoms with van der Waals surface area (Å²) in [7, 11) is -1.77. The number of unbranched alkanes of at least 4 members (excludes halogenated alkanes) is 3. The summed E-state index contributed by atoms with van der Waals surface area (Å²) >= 11 is 0. The zero-order valence-corrected chi connectivity index (χ0v) is 12.1. The molecule has 0 aliphatic heterocycles. The molecule has 87 valence electrons. The van der Waals surface area contributed by atoms with Gasteiger partial charge in [-0.05, 0) is 19.3 Å². The van der Waals surface area contributed by atoms with Crippen molar-refractivity contribution in [2.24, 2.45) is 0 Å². The molecule has 0 unspecified atom stereocenters. The van der Waals surface area contributed by atoms with Crippen LogP contribution in [0, 0.1) is 0 Å². The molecule has 0 aromatic heterocycles. The third kappa shape index (κ3) is 9.74. The van der Waals surface area contributed by atoms with Crippen LogP contribution in [0.5, 0.6) is 0 Å². The van der Waals surface area contributed by atoms with Crippen LogP contribution >= 0.6 is 7.14 Å². The van der Waals surface area contributed by atoms with Gasteiger partial charge in [-0.15, -0.1) is 0 Å². The molecule has 0 aliphatic rings. The smallest absolute Gasteiger partial charge is 0.0877 e. The summed E-state index contributed by atoms with van der Waals surface area (Å²) in [6, 6.07) is 0. The van der Waals surface area contributed by atoms with Gasteiger partial charge in [-0.25, -0.2) is 0 Å². The van der Waals surface area contributed by atoms with E-state index in [9.17, 15) is 4.57 Å². The minimum Gasteiger partial charge on any atom is -0.324 e. The molecule has 0 saturated heterocycles. The molecule has 0 saturated carbocycles. The maximum atomic E-state index is 12.5. The van der Waals surface area contributed by atoms with Crippen LogP contribution in [0.3, 0.4) is 0 Å². The van der Waals surface area contributed by atoms with E-state index in [2.05, 4.69) is 20.8 Å². The van der Waals surface area contributed by atoms with Crippen molar-refractivity contribution < 1.29 is 4.57 Å². The summed E-state index contributed by atoms with van der Waals surface area (Å²) in [5.74, 6) is 0. The van der Waals surface area contributed by atoms with Crippen molar-refractivity contribution in [2.75, 3.05) is 18.5 Å². The molecule has 0 aromatic rings. The Hall–Kier alpha value is 0.827. The number of hydrogen-bond donors (Lipinski definition) is 0. The van der Waals surface area contributed by atoms with Crippen molar-refractivity contribution in [1.82, 2.24) is 0 Å². The van der Waals surface area contributed by atoms with Gasteiger partial charge in [0, 0.05) is 37.3 Å². The quantitative estimate of drug-likeness (QED) is 0.420. The molecule has 0 fully saturated rings. The van der Waals surface area contributed by atoms with Crippen LogP contribution in [-0.2, 0) is 4.57 Å². The van der Waals surface area contributed by atoms with Crippen LogP contribution in [0.2, 0.25) is 0 Å². The van der Waals surface area contributed by atoms with Crippen LogP contribution in [0.1, 0.15) is 59.3 Å². The predicted octanol–water partition coefficient (Wildman–Crippen LogP) is 4.37. The summed E-state index contributed by atoms with van der Waals surface area (Å²) < 4.78 is 12.5. The first kappa shape index (κ1) is 18.2. The second-order valence-electron chi connectivity index (χ2n) is 4.29. The maximum Gasteiger partial charge on any atom is 0.0877 e. The van der Waals surface area contributed by atoms with Gasteiger partial charge in [0.05, 0.1) is 7.14 Å².